The van der Waals surface area contributed by atoms with Crippen LogP contribution in [0.25, 0.3) is 0 Å². The summed E-state index contributed by atoms with van der Waals surface area (Å²) in [5.74, 6) is 1.31. The first-order valence-corrected chi connectivity index (χ1v) is 8.56. The Hall–Kier alpha value is -1.13. The minimum absolute atomic E-state index is 0.202. The highest BCUT2D eigenvalue weighted by Crippen LogP contribution is 2.30. The highest BCUT2D eigenvalue weighted by Gasteiger charge is 2.40. The molecule has 2 N–H and O–H groups in total. The standard InChI is InChI=1S/C17H25N3O/c1-18-7-5-15(6-8-18)19-10-13-9-14(12-19)16-3-2-4-17(21)20(16)11-13/h2-4,13-15H,5-12H2,1H3/p+2/t13-,14+/m0/s1. The molecule has 0 spiro atoms. The SMILES string of the molecule is C[NH+]1CCC([NH+]2C[C@@H]3C[C@H](C2)c2cccc(=O)n2C3)CC1. The number of rotatable bonds is 1. The van der Waals surface area contributed by atoms with Crippen molar-refractivity contribution >= 4 is 0 Å². The van der Waals surface area contributed by atoms with Gasteiger partial charge in [0.2, 0.25) is 0 Å². The van der Waals surface area contributed by atoms with E-state index in [1.165, 1.54) is 51.1 Å². The highest BCUT2D eigenvalue weighted by molar-refractivity contribution is 5.15. The molecular formula is C17H27N3O+2. The van der Waals surface area contributed by atoms with Crippen LogP contribution in [0.4, 0.5) is 0 Å². The molecule has 4 nitrogen and oxygen atoms in total. The van der Waals surface area contributed by atoms with Crippen LogP contribution in [-0.4, -0.2) is 43.8 Å². The summed E-state index contributed by atoms with van der Waals surface area (Å²) in [5.41, 5.74) is 1.50. The molecule has 1 aromatic rings. The van der Waals surface area contributed by atoms with E-state index >= 15 is 0 Å². The van der Waals surface area contributed by atoms with E-state index in [1.807, 2.05) is 11.0 Å². The Morgan fingerprint density at radius 1 is 1.19 bits per heavy atom. The molecule has 0 aromatic carbocycles. The zero-order chi connectivity index (χ0) is 14.4. The first-order chi connectivity index (χ1) is 10.2. The number of fused-ring (bicyclic) bond motifs is 4. The van der Waals surface area contributed by atoms with Gasteiger partial charge in [-0.3, -0.25) is 4.79 Å². The van der Waals surface area contributed by atoms with Crippen molar-refractivity contribution < 1.29 is 9.80 Å². The summed E-state index contributed by atoms with van der Waals surface area (Å²) in [7, 11) is 2.32. The van der Waals surface area contributed by atoms with Crippen molar-refractivity contribution in [2.45, 2.75) is 37.8 Å². The van der Waals surface area contributed by atoms with Crippen LogP contribution in [0.3, 0.4) is 0 Å². The smallest absolute Gasteiger partial charge is 0.250 e. The second-order valence-corrected chi connectivity index (χ2v) is 7.50. The molecule has 0 saturated carbocycles. The van der Waals surface area contributed by atoms with Crippen LogP contribution in [0.5, 0.6) is 0 Å². The van der Waals surface area contributed by atoms with Crippen molar-refractivity contribution in [2.75, 3.05) is 33.2 Å². The summed E-state index contributed by atoms with van der Waals surface area (Å²) in [5, 5.41) is 0. The Labute approximate surface area is 126 Å². The number of hydrogen-bond acceptors (Lipinski definition) is 1. The van der Waals surface area contributed by atoms with Gasteiger partial charge in [0.05, 0.1) is 39.3 Å². The highest BCUT2D eigenvalue weighted by atomic mass is 16.1. The lowest BCUT2D eigenvalue weighted by Crippen LogP contribution is -3.21. The van der Waals surface area contributed by atoms with Crippen molar-refractivity contribution in [3.05, 3.63) is 34.2 Å². The van der Waals surface area contributed by atoms with Gasteiger partial charge >= 0.3 is 0 Å². The zero-order valence-electron chi connectivity index (χ0n) is 13.0. The Bertz CT molecular complexity index is 574. The number of aromatic nitrogens is 1. The fourth-order valence-electron chi connectivity index (χ4n) is 4.90. The molecule has 0 radical (unpaired) electrons. The van der Waals surface area contributed by atoms with E-state index in [1.54, 1.807) is 11.0 Å². The van der Waals surface area contributed by atoms with E-state index in [9.17, 15) is 4.79 Å². The molecule has 1 unspecified atom stereocenters. The lowest BCUT2D eigenvalue weighted by Gasteiger charge is -2.44. The van der Waals surface area contributed by atoms with Crippen molar-refractivity contribution in [3.63, 3.8) is 0 Å². The third kappa shape index (κ3) is 2.44. The normalized spacial score (nSPS) is 38.8. The molecule has 3 aliphatic rings. The van der Waals surface area contributed by atoms with Gasteiger partial charge in [0.1, 0.15) is 0 Å². The van der Waals surface area contributed by atoms with Crippen molar-refractivity contribution in [1.29, 1.82) is 0 Å². The van der Waals surface area contributed by atoms with E-state index in [-0.39, 0.29) is 5.56 Å². The predicted molar refractivity (Wildman–Crippen MR) is 81.9 cm³/mol. The Balaban J connectivity index is 1.55. The molecule has 4 rings (SSSR count). The molecule has 2 bridgehead atoms. The summed E-state index contributed by atoms with van der Waals surface area (Å²) in [6, 6.07) is 6.71. The monoisotopic (exact) mass is 289 g/mol. The maximum atomic E-state index is 12.1. The summed E-state index contributed by atoms with van der Waals surface area (Å²) in [4.78, 5) is 15.6. The van der Waals surface area contributed by atoms with E-state index < -0.39 is 0 Å². The fraction of sp³-hybridized carbons (Fsp3) is 0.706. The van der Waals surface area contributed by atoms with E-state index in [4.69, 9.17) is 0 Å². The number of nitrogens with zero attached hydrogens (tertiary/aromatic N) is 1. The van der Waals surface area contributed by atoms with Crippen molar-refractivity contribution in [3.8, 4) is 0 Å². The Morgan fingerprint density at radius 3 is 2.81 bits per heavy atom. The zero-order valence-corrected chi connectivity index (χ0v) is 13.0. The van der Waals surface area contributed by atoms with Crippen LogP contribution >= 0.6 is 0 Å². The van der Waals surface area contributed by atoms with Gasteiger partial charge in [0.15, 0.2) is 0 Å². The van der Waals surface area contributed by atoms with Gasteiger partial charge < -0.3 is 14.4 Å². The van der Waals surface area contributed by atoms with Gasteiger partial charge in [0, 0.05) is 43.0 Å². The van der Waals surface area contributed by atoms with Crippen LogP contribution < -0.4 is 15.4 Å². The Morgan fingerprint density at radius 2 is 2.00 bits per heavy atom. The summed E-state index contributed by atoms with van der Waals surface area (Å²) in [6.45, 7) is 6.14. The molecular weight excluding hydrogens is 262 g/mol. The van der Waals surface area contributed by atoms with Crippen molar-refractivity contribution in [1.82, 2.24) is 4.57 Å². The molecule has 114 valence electrons. The molecule has 4 heterocycles. The number of piperidine rings is 2. The van der Waals surface area contributed by atoms with Crippen LogP contribution in [0.2, 0.25) is 0 Å². The average Bonchev–Trinajstić information content (AvgIpc) is 2.49. The number of likely N-dealkylation sites (tertiary alicyclic amines) is 2. The van der Waals surface area contributed by atoms with Crippen LogP contribution in [-0.2, 0) is 6.54 Å². The maximum Gasteiger partial charge on any atom is 0.250 e. The van der Waals surface area contributed by atoms with E-state index in [2.05, 4.69) is 17.7 Å². The van der Waals surface area contributed by atoms with Gasteiger partial charge in [-0.25, -0.2) is 0 Å². The number of pyridine rings is 1. The summed E-state index contributed by atoms with van der Waals surface area (Å²) < 4.78 is 2.05. The lowest BCUT2D eigenvalue weighted by atomic mass is 9.82. The molecule has 3 aliphatic heterocycles. The van der Waals surface area contributed by atoms with Gasteiger partial charge in [-0.2, -0.15) is 0 Å². The van der Waals surface area contributed by atoms with Crippen molar-refractivity contribution in [2.24, 2.45) is 5.92 Å². The van der Waals surface area contributed by atoms with Crippen LogP contribution in [0.15, 0.2) is 23.0 Å². The fourth-order valence-corrected chi connectivity index (χ4v) is 4.90. The lowest BCUT2D eigenvalue weighted by molar-refractivity contribution is -0.959. The third-order valence-corrected chi connectivity index (χ3v) is 6.04. The minimum atomic E-state index is 0.202. The molecule has 0 aliphatic carbocycles. The number of nitrogens with one attached hydrogen (secondary N) is 2. The summed E-state index contributed by atoms with van der Waals surface area (Å²) in [6.07, 6.45) is 4.05. The second-order valence-electron chi connectivity index (χ2n) is 7.50. The summed E-state index contributed by atoms with van der Waals surface area (Å²) >= 11 is 0. The molecule has 4 heteroatoms. The maximum absolute atomic E-state index is 12.1. The van der Waals surface area contributed by atoms with Crippen LogP contribution in [0.1, 0.15) is 30.9 Å². The Kier molecular flexibility index (Phi) is 3.38. The minimum Gasteiger partial charge on any atom is -0.337 e. The van der Waals surface area contributed by atoms with Gasteiger partial charge in [-0.05, 0) is 12.5 Å². The predicted octanol–water partition coefficient (Wildman–Crippen LogP) is -1.47. The first kappa shape index (κ1) is 13.5. The largest absolute Gasteiger partial charge is 0.337 e. The van der Waals surface area contributed by atoms with Gasteiger partial charge in [-0.15, -0.1) is 0 Å². The van der Waals surface area contributed by atoms with Gasteiger partial charge in [-0.1, -0.05) is 6.07 Å². The molecule has 0 amide bonds. The molecule has 1 aromatic heterocycles. The molecule has 21 heavy (non-hydrogen) atoms. The van der Waals surface area contributed by atoms with Gasteiger partial charge in [0.25, 0.3) is 5.56 Å². The number of hydrogen-bond donors (Lipinski definition) is 2. The second kappa shape index (κ2) is 5.25. The average molecular weight is 289 g/mol. The topological polar surface area (TPSA) is 30.9 Å². The molecule has 3 atom stereocenters. The van der Waals surface area contributed by atoms with E-state index in [0.717, 1.165) is 12.6 Å². The molecule has 2 saturated heterocycles. The quantitative estimate of drug-likeness (QED) is 0.650. The number of quaternary nitrogens is 2. The third-order valence-electron chi connectivity index (χ3n) is 6.04. The first-order valence-electron chi connectivity index (χ1n) is 8.56. The van der Waals surface area contributed by atoms with Crippen LogP contribution in [0, 0.1) is 5.92 Å². The molecule has 2 fully saturated rings. The van der Waals surface area contributed by atoms with E-state index in [0.29, 0.717) is 11.8 Å².